The summed E-state index contributed by atoms with van der Waals surface area (Å²) in [5.41, 5.74) is -0.337. The van der Waals surface area contributed by atoms with E-state index in [-0.39, 0.29) is 11.3 Å². The number of aromatic nitrogens is 1. The summed E-state index contributed by atoms with van der Waals surface area (Å²) in [6.07, 6.45) is 0.529. The Labute approximate surface area is 67.9 Å². The molecule has 1 rings (SSSR count). The Morgan fingerprint density at radius 1 is 1.58 bits per heavy atom. The monoisotopic (exact) mass is 169 g/mol. The van der Waals surface area contributed by atoms with Gasteiger partial charge in [0.25, 0.3) is 5.56 Å². The van der Waals surface area contributed by atoms with Crippen LogP contribution >= 0.6 is 0 Å². The normalized spacial score (nSPS) is 9.08. The number of carbonyl (C=O) groups excluding carboxylic acids is 1. The van der Waals surface area contributed by atoms with Crippen LogP contribution < -0.4 is 10.3 Å². The van der Waals surface area contributed by atoms with E-state index >= 15 is 0 Å². The van der Waals surface area contributed by atoms with Crippen molar-refractivity contribution < 1.29 is 14.3 Å². The second kappa shape index (κ2) is 3.56. The van der Waals surface area contributed by atoms with Crippen LogP contribution in [0.15, 0.2) is 23.1 Å². The third kappa shape index (κ3) is 2.12. The van der Waals surface area contributed by atoms with E-state index in [9.17, 15) is 9.59 Å². The van der Waals surface area contributed by atoms with Gasteiger partial charge in [0.05, 0.1) is 7.11 Å². The molecule has 64 valence electrons. The van der Waals surface area contributed by atoms with Gasteiger partial charge in [-0.3, -0.25) is 4.79 Å². The van der Waals surface area contributed by atoms with Crippen molar-refractivity contribution in [1.29, 1.82) is 0 Å². The van der Waals surface area contributed by atoms with Crippen molar-refractivity contribution in [3.63, 3.8) is 0 Å². The van der Waals surface area contributed by atoms with E-state index < -0.39 is 6.16 Å². The molecule has 0 saturated carbocycles. The summed E-state index contributed by atoms with van der Waals surface area (Å²) >= 11 is 0. The maximum Gasteiger partial charge on any atom is 0.513 e. The summed E-state index contributed by atoms with van der Waals surface area (Å²) in [7, 11) is 1.19. The number of hydrogen-bond acceptors (Lipinski definition) is 4. The molecule has 0 aliphatic heterocycles. The fourth-order valence-corrected chi connectivity index (χ4v) is 0.626. The summed E-state index contributed by atoms with van der Waals surface area (Å²) in [6, 6.07) is 2.59. The molecule has 0 fully saturated rings. The summed E-state index contributed by atoms with van der Waals surface area (Å²) < 4.78 is 8.78. The minimum absolute atomic E-state index is 0.158. The lowest BCUT2D eigenvalue weighted by Gasteiger charge is -1.99. The van der Waals surface area contributed by atoms with E-state index in [0.717, 1.165) is 6.07 Å². The number of carbonyl (C=O) groups is 1. The molecule has 0 bridgehead atoms. The number of aromatic amines is 1. The van der Waals surface area contributed by atoms with E-state index in [2.05, 4.69) is 14.5 Å². The quantitative estimate of drug-likeness (QED) is 0.622. The molecule has 0 radical (unpaired) electrons. The zero-order chi connectivity index (χ0) is 8.97. The van der Waals surface area contributed by atoms with E-state index in [0.29, 0.717) is 0 Å². The number of H-pyrrole nitrogens is 1. The van der Waals surface area contributed by atoms with Crippen molar-refractivity contribution in [2.75, 3.05) is 7.11 Å². The van der Waals surface area contributed by atoms with Crippen LogP contribution in [-0.2, 0) is 4.74 Å². The lowest BCUT2D eigenvalue weighted by atomic mass is 10.4. The first-order valence-electron chi connectivity index (χ1n) is 3.17. The Kier molecular flexibility index (Phi) is 2.47. The van der Waals surface area contributed by atoms with Crippen molar-refractivity contribution in [2.45, 2.75) is 0 Å². The predicted octanol–water partition coefficient (Wildman–Crippen LogP) is 0.520. The maximum atomic E-state index is 10.7. The zero-order valence-corrected chi connectivity index (χ0v) is 6.37. The van der Waals surface area contributed by atoms with Crippen molar-refractivity contribution in [2.24, 2.45) is 0 Å². The molecular formula is C7H7NO4. The SMILES string of the molecule is COC(=O)Oc1cc[nH]c(=O)c1. The average Bonchev–Trinajstić information content (AvgIpc) is 2.04. The molecule has 0 spiro atoms. The molecule has 0 unspecified atom stereocenters. The molecule has 1 heterocycles. The van der Waals surface area contributed by atoms with E-state index in [4.69, 9.17) is 0 Å². The maximum absolute atomic E-state index is 10.7. The fraction of sp³-hybridized carbons (Fsp3) is 0.143. The summed E-state index contributed by atoms with van der Waals surface area (Å²) in [6.45, 7) is 0. The van der Waals surface area contributed by atoms with E-state index in [1.807, 2.05) is 0 Å². The summed E-state index contributed by atoms with van der Waals surface area (Å²) in [5, 5.41) is 0. The molecule has 0 aliphatic carbocycles. The van der Waals surface area contributed by atoms with Crippen LogP contribution in [0.3, 0.4) is 0 Å². The van der Waals surface area contributed by atoms with Crippen molar-refractivity contribution >= 4 is 6.16 Å². The predicted molar refractivity (Wildman–Crippen MR) is 40.1 cm³/mol. The minimum atomic E-state index is -0.847. The van der Waals surface area contributed by atoms with Crippen LogP contribution in [0, 0.1) is 0 Å². The van der Waals surface area contributed by atoms with Crippen molar-refractivity contribution in [3.05, 3.63) is 28.7 Å². The molecule has 0 aromatic carbocycles. The second-order valence-electron chi connectivity index (χ2n) is 1.94. The highest BCUT2D eigenvalue weighted by Crippen LogP contribution is 2.04. The molecule has 5 nitrogen and oxygen atoms in total. The summed E-state index contributed by atoms with van der Waals surface area (Å²) in [5.74, 6) is 0.158. The Hall–Kier alpha value is -1.78. The first-order valence-corrected chi connectivity index (χ1v) is 3.17. The topological polar surface area (TPSA) is 68.4 Å². The zero-order valence-electron chi connectivity index (χ0n) is 6.37. The number of rotatable bonds is 1. The molecule has 0 aliphatic rings. The third-order valence-corrected chi connectivity index (χ3v) is 1.11. The number of nitrogens with one attached hydrogen (secondary N) is 1. The molecule has 0 saturated heterocycles. The largest absolute Gasteiger partial charge is 0.513 e. The lowest BCUT2D eigenvalue weighted by molar-refractivity contribution is 0.121. The first-order chi connectivity index (χ1) is 5.72. The number of hydrogen-bond donors (Lipinski definition) is 1. The smallest absolute Gasteiger partial charge is 0.437 e. The van der Waals surface area contributed by atoms with Crippen LogP contribution in [0.1, 0.15) is 0 Å². The fourth-order valence-electron chi connectivity index (χ4n) is 0.626. The number of ether oxygens (including phenoxy) is 2. The Balaban J connectivity index is 2.76. The van der Waals surface area contributed by atoms with Crippen LogP contribution in [0.4, 0.5) is 4.79 Å². The van der Waals surface area contributed by atoms with Gasteiger partial charge in [-0.25, -0.2) is 4.79 Å². The molecular weight excluding hydrogens is 162 g/mol. The van der Waals surface area contributed by atoms with Gasteiger partial charge >= 0.3 is 6.16 Å². The molecule has 0 atom stereocenters. The number of methoxy groups -OCH3 is 1. The van der Waals surface area contributed by atoms with Crippen LogP contribution in [0.2, 0.25) is 0 Å². The molecule has 12 heavy (non-hydrogen) atoms. The van der Waals surface area contributed by atoms with Crippen molar-refractivity contribution in [3.8, 4) is 5.75 Å². The summed E-state index contributed by atoms with van der Waals surface area (Å²) in [4.78, 5) is 23.6. The molecule has 0 amide bonds. The van der Waals surface area contributed by atoms with E-state index in [1.165, 1.54) is 19.4 Å². The van der Waals surface area contributed by atoms with Gasteiger partial charge in [-0.2, -0.15) is 0 Å². The second-order valence-corrected chi connectivity index (χ2v) is 1.94. The highest BCUT2D eigenvalue weighted by Gasteiger charge is 2.02. The van der Waals surface area contributed by atoms with Crippen LogP contribution in [0.25, 0.3) is 0 Å². The van der Waals surface area contributed by atoms with Gasteiger partial charge in [0, 0.05) is 12.3 Å². The molecule has 1 N–H and O–H groups in total. The van der Waals surface area contributed by atoms with Crippen LogP contribution in [-0.4, -0.2) is 18.2 Å². The van der Waals surface area contributed by atoms with Gasteiger partial charge < -0.3 is 14.5 Å². The van der Waals surface area contributed by atoms with E-state index in [1.54, 1.807) is 0 Å². The Morgan fingerprint density at radius 2 is 2.33 bits per heavy atom. The third-order valence-electron chi connectivity index (χ3n) is 1.11. The van der Waals surface area contributed by atoms with Gasteiger partial charge in [0.15, 0.2) is 0 Å². The highest BCUT2D eigenvalue weighted by atomic mass is 16.7. The molecule has 1 aromatic heterocycles. The lowest BCUT2D eigenvalue weighted by Crippen LogP contribution is -2.10. The Bertz CT molecular complexity index is 330. The number of pyridine rings is 1. The van der Waals surface area contributed by atoms with Gasteiger partial charge in [-0.15, -0.1) is 0 Å². The van der Waals surface area contributed by atoms with Gasteiger partial charge in [-0.05, 0) is 6.07 Å². The highest BCUT2D eigenvalue weighted by molar-refractivity contribution is 5.63. The van der Waals surface area contributed by atoms with Gasteiger partial charge in [-0.1, -0.05) is 0 Å². The Morgan fingerprint density at radius 3 is 2.92 bits per heavy atom. The van der Waals surface area contributed by atoms with Crippen molar-refractivity contribution in [1.82, 2.24) is 4.98 Å². The van der Waals surface area contributed by atoms with Gasteiger partial charge in [0.2, 0.25) is 0 Å². The molecule has 1 aromatic rings. The minimum Gasteiger partial charge on any atom is -0.437 e. The standard InChI is InChI=1S/C7H7NO4/c1-11-7(10)12-5-2-3-8-6(9)4-5/h2-4H,1H3,(H,8,9). The average molecular weight is 169 g/mol. The van der Waals surface area contributed by atoms with Gasteiger partial charge in [0.1, 0.15) is 5.75 Å². The molecule has 5 heteroatoms. The first kappa shape index (κ1) is 8.32. The van der Waals surface area contributed by atoms with Crippen LogP contribution in [0.5, 0.6) is 5.75 Å².